The summed E-state index contributed by atoms with van der Waals surface area (Å²) >= 11 is 3.34. The molecule has 2 aromatic rings. The monoisotopic (exact) mass is 347 g/mol. The lowest BCUT2D eigenvalue weighted by molar-refractivity contribution is 0.933. The third kappa shape index (κ3) is 2.70. The van der Waals surface area contributed by atoms with Gasteiger partial charge in [-0.2, -0.15) is 0 Å². The Morgan fingerprint density at radius 3 is 3.00 bits per heavy atom. The summed E-state index contributed by atoms with van der Waals surface area (Å²) in [6, 6.07) is 1.23. The minimum atomic E-state index is -0.279. The Morgan fingerprint density at radius 2 is 2.31 bits per heavy atom. The van der Waals surface area contributed by atoms with Gasteiger partial charge in [-0.15, -0.1) is 0 Å². The first-order valence-electron chi connectivity index (χ1n) is 4.15. The van der Waals surface area contributed by atoms with Crippen LogP contribution in [-0.4, -0.2) is 19.9 Å². The normalized spacial score (nSPS) is 10.3. The number of nitrogens with zero attached hydrogens (tertiary/aromatic N) is 3. The largest absolute Gasteiger partial charge is 0.383 e. The van der Waals surface area contributed by atoms with Gasteiger partial charge in [-0.25, -0.2) is 15.0 Å². The summed E-state index contributed by atoms with van der Waals surface area (Å²) in [6.45, 7) is 0. The van der Waals surface area contributed by atoms with Gasteiger partial charge in [0.05, 0.1) is 3.57 Å². The van der Waals surface area contributed by atoms with Crippen LogP contribution in [0.1, 0.15) is 0 Å². The molecule has 0 aliphatic carbocycles. The average molecular weight is 347 g/mol. The quantitative estimate of drug-likeness (QED) is 0.476. The number of aromatic nitrogens is 4. The van der Waals surface area contributed by atoms with E-state index in [4.69, 9.17) is 5.73 Å². The molecule has 0 bridgehead atoms. The van der Waals surface area contributed by atoms with Gasteiger partial charge in [0.25, 0.3) is 5.56 Å². The van der Waals surface area contributed by atoms with Crippen molar-refractivity contribution in [2.45, 2.75) is 10.2 Å². The highest BCUT2D eigenvalue weighted by Gasteiger charge is 2.06. The lowest BCUT2D eigenvalue weighted by Crippen LogP contribution is -2.09. The molecule has 0 unspecified atom stereocenters. The summed E-state index contributed by atoms with van der Waals surface area (Å²) in [6.07, 6.45) is 3.12. The molecule has 0 amide bonds. The van der Waals surface area contributed by atoms with E-state index >= 15 is 0 Å². The molecule has 0 saturated carbocycles. The van der Waals surface area contributed by atoms with Crippen LogP contribution in [0.25, 0.3) is 0 Å². The van der Waals surface area contributed by atoms with Gasteiger partial charge < -0.3 is 10.7 Å². The number of hydrogen-bond acceptors (Lipinski definition) is 6. The van der Waals surface area contributed by atoms with Crippen LogP contribution in [0.4, 0.5) is 5.82 Å². The molecule has 8 heteroatoms. The maximum Gasteiger partial charge on any atom is 0.253 e. The Labute approximate surface area is 108 Å². The number of anilines is 1. The molecule has 0 atom stereocenters. The number of nitrogen functional groups attached to an aromatic ring is 1. The molecule has 0 radical (unpaired) electrons. The summed E-state index contributed by atoms with van der Waals surface area (Å²) in [4.78, 5) is 25.7. The molecule has 82 valence electrons. The van der Waals surface area contributed by atoms with E-state index in [0.29, 0.717) is 5.16 Å². The Morgan fingerprint density at radius 1 is 1.50 bits per heavy atom. The second-order valence-electron chi connectivity index (χ2n) is 2.75. The molecule has 0 fully saturated rings. The van der Waals surface area contributed by atoms with E-state index in [-0.39, 0.29) is 11.4 Å². The van der Waals surface area contributed by atoms with Crippen LogP contribution in [-0.2, 0) is 0 Å². The summed E-state index contributed by atoms with van der Waals surface area (Å²) in [7, 11) is 0. The van der Waals surface area contributed by atoms with Crippen molar-refractivity contribution < 1.29 is 0 Å². The van der Waals surface area contributed by atoms with Gasteiger partial charge >= 0.3 is 0 Å². The van der Waals surface area contributed by atoms with Gasteiger partial charge in [0, 0.05) is 12.3 Å². The van der Waals surface area contributed by atoms with Crippen LogP contribution in [0.15, 0.2) is 33.6 Å². The van der Waals surface area contributed by atoms with Crippen molar-refractivity contribution in [1.29, 1.82) is 0 Å². The van der Waals surface area contributed by atoms with E-state index in [2.05, 4.69) is 42.5 Å². The highest BCUT2D eigenvalue weighted by Crippen LogP contribution is 2.25. The predicted molar refractivity (Wildman–Crippen MR) is 68.1 cm³/mol. The van der Waals surface area contributed by atoms with E-state index in [1.54, 1.807) is 6.20 Å². The molecule has 2 heterocycles. The molecule has 0 aliphatic heterocycles. The zero-order chi connectivity index (χ0) is 11.5. The maximum absolute atomic E-state index is 11.2. The van der Waals surface area contributed by atoms with Crippen molar-refractivity contribution in [3.8, 4) is 0 Å². The smallest absolute Gasteiger partial charge is 0.253 e. The van der Waals surface area contributed by atoms with E-state index < -0.39 is 0 Å². The fourth-order valence-corrected chi connectivity index (χ4v) is 2.34. The summed E-state index contributed by atoms with van der Waals surface area (Å²) in [5.74, 6) is 0.190. The van der Waals surface area contributed by atoms with E-state index in [0.717, 1.165) is 8.60 Å². The van der Waals surface area contributed by atoms with Crippen LogP contribution in [0.5, 0.6) is 0 Å². The molecular formula is C8H6IN5OS. The van der Waals surface area contributed by atoms with E-state index in [1.807, 2.05) is 0 Å². The topological polar surface area (TPSA) is 97.6 Å². The molecule has 2 aromatic heterocycles. The van der Waals surface area contributed by atoms with Crippen LogP contribution in [0.2, 0.25) is 0 Å². The Balaban J connectivity index is 2.34. The Bertz CT molecular complexity index is 572. The van der Waals surface area contributed by atoms with Crippen LogP contribution < -0.4 is 11.3 Å². The second-order valence-corrected chi connectivity index (χ2v) is 4.89. The summed E-state index contributed by atoms with van der Waals surface area (Å²) in [5.41, 5.74) is 5.19. The molecule has 0 aromatic carbocycles. The van der Waals surface area contributed by atoms with E-state index in [1.165, 1.54) is 24.2 Å². The molecule has 0 spiro atoms. The van der Waals surface area contributed by atoms with Crippen molar-refractivity contribution in [3.05, 3.63) is 32.5 Å². The molecule has 6 nitrogen and oxygen atoms in total. The molecule has 0 aliphatic rings. The molecule has 3 N–H and O–H groups in total. The number of nitrogens with two attached hydrogens (primary N) is 1. The lowest BCUT2D eigenvalue weighted by Gasteiger charge is -2.01. The van der Waals surface area contributed by atoms with Crippen molar-refractivity contribution in [2.24, 2.45) is 0 Å². The fraction of sp³-hybridized carbons (Fsp3) is 0. The third-order valence-electron chi connectivity index (χ3n) is 1.57. The highest BCUT2D eigenvalue weighted by molar-refractivity contribution is 14.1. The second kappa shape index (κ2) is 4.78. The fourth-order valence-electron chi connectivity index (χ4n) is 0.970. The van der Waals surface area contributed by atoms with Crippen molar-refractivity contribution in [3.63, 3.8) is 0 Å². The van der Waals surface area contributed by atoms with Crippen molar-refractivity contribution in [2.75, 3.05) is 5.73 Å². The van der Waals surface area contributed by atoms with Gasteiger partial charge in [0.1, 0.15) is 17.2 Å². The molecule has 2 rings (SSSR count). The molecule has 0 saturated heterocycles. The zero-order valence-electron chi connectivity index (χ0n) is 7.85. The maximum atomic E-state index is 11.2. The number of H-pyrrole nitrogens is 1. The number of hydrogen-bond donors (Lipinski definition) is 2. The number of halogens is 1. The minimum absolute atomic E-state index is 0.190. The number of nitrogens with one attached hydrogen (secondary N) is 1. The Hall–Kier alpha value is -1.16. The standard InChI is InChI=1S/C8H6IN5OS/c9-4-2-11-3-12-7(4)16-8-13-5(10)1-6(15)14-8/h1-3H,(H3,10,13,14,15). The number of aromatic amines is 1. The highest BCUT2D eigenvalue weighted by atomic mass is 127. The minimum Gasteiger partial charge on any atom is -0.383 e. The van der Waals surface area contributed by atoms with Crippen molar-refractivity contribution >= 4 is 40.2 Å². The molecular weight excluding hydrogens is 341 g/mol. The Kier molecular flexibility index (Phi) is 3.39. The van der Waals surface area contributed by atoms with Gasteiger partial charge in [0.2, 0.25) is 0 Å². The van der Waals surface area contributed by atoms with E-state index in [9.17, 15) is 4.79 Å². The van der Waals surface area contributed by atoms with Gasteiger partial charge in [-0.1, -0.05) is 0 Å². The lowest BCUT2D eigenvalue weighted by atomic mass is 10.6. The van der Waals surface area contributed by atoms with Gasteiger partial charge in [-0.05, 0) is 34.4 Å². The summed E-state index contributed by atoms with van der Waals surface area (Å²) < 4.78 is 0.884. The third-order valence-corrected chi connectivity index (χ3v) is 3.63. The van der Waals surface area contributed by atoms with Crippen LogP contribution in [0, 0.1) is 3.57 Å². The van der Waals surface area contributed by atoms with Crippen molar-refractivity contribution in [1.82, 2.24) is 19.9 Å². The van der Waals surface area contributed by atoms with Gasteiger partial charge in [-0.3, -0.25) is 4.79 Å². The first kappa shape index (κ1) is 11.3. The predicted octanol–water partition coefficient (Wildman–Crippen LogP) is 0.898. The SMILES string of the molecule is Nc1cc(=O)[nH]c(Sc2ncncc2I)n1. The molecule has 16 heavy (non-hydrogen) atoms. The van der Waals surface area contributed by atoms with Crippen LogP contribution >= 0.6 is 34.4 Å². The van der Waals surface area contributed by atoms with Gasteiger partial charge in [0.15, 0.2) is 5.16 Å². The number of rotatable bonds is 2. The first-order chi connectivity index (χ1) is 7.65. The zero-order valence-corrected chi connectivity index (χ0v) is 10.8. The summed E-state index contributed by atoms with van der Waals surface area (Å²) in [5, 5.41) is 1.14. The van der Waals surface area contributed by atoms with Crippen LogP contribution in [0.3, 0.4) is 0 Å². The first-order valence-corrected chi connectivity index (χ1v) is 6.05. The average Bonchev–Trinajstić information content (AvgIpc) is 2.20.